The van der Waals surface area contributed by atoms with Crippen molar-refractivity contribution >= 4 is 5.69 Å². The van der Waals surface area contributed by atoms with Crippen molar-refractivity contribution in [3.8, 4) is 0 Å². The third-order valence-electron chi connectivity index (χ3n) is 3.87. The Balaban J connectivity index is 1.97. The number of rotatable bonds is 5. The first kappa shape index (κ1) is 13.4. The van der Waals surface area contributed by atoms with E-state index in [2.05, 4.69) is 48.7 Å². The summed E-state index contributed by atoms with van der Waals surface area (Å²) < 4.78 is 0. The highest BCUT2D eigenvalue weighted by Crippen LogP contribution is 2.23. The molecule has 2 nitrogen and oxygen atoms in total. The zero-order valence-electron chi connectivity index (χ0n) is 11.7. The molecule has 2 heteroatoms. The largest absolute Gasteiger partial charge is 0.382 e. The lowest BCUT2D eigenvalue weighted by Gasteiger charge is -2.24. The van der Waals surface area contributed by atoms with Crippen molar-refractivity contribution in [1.82, 2.24) is 5.32 Å². The van der Waals surface area contributed by atoms with Crippen molar-refractivity contribution in [3.63, 3.8) is 0 Å². The Bertz CT molecular complexity index is 356. The molecule has 1 unspecified atom stereocenters. The summed E-state index contributed by atoms with van der Waals surface area (Å²) in [5, 5.41) is 7.16. The molecule has 0 aromatic heterocycles. The van der Waals surface area contributed by atoms with Crippen molar-refractivity contribution in [2.75, 3.05) is 11.9 Å². The Morgan fingerprint density at radius 3 is 2.72 bits per heavy atom. The number of benzene rings is 1. The number of anilines is 1. The van der Waals surface area contributed by atoms with Gasteiger partial charge in [0.1, 0.15) is 0 Å². The van der Waals surface area contributed by atoms with Crippen LogP contribution in [0, 0.1) is 0 Å². The Morgan fingerprint density at radius 2 is 2.00 bits per heavy atom. The molecule has 2 rings (SSSR count). The molecule has 0 radical (unpaired) electrons. The van der Waals surface area contributed by atoms with Crippen molar-refractivity contribution in [1.29, 1.82) is 0 Å². The fourth-order valence-electron chi connectivity index (χ4n) is 2.80. The van der Waals surface area contributed by atoms with Crippen LogP contribution in [0.4, 0.5) is 5.69 Å². The van der Waals surface area contributed by atoms with Crippen LogP contribution in [0.5, 0.6) is 0 Å². The minimum absolute atomic E-state index is 0.433. The third kappa shape index (κ3) is 3.74. The van der Waals surface area contributed by atoms with Crippen LogP contribution in [-0.2, 0) is 0 Å². The molecule has 100 valence electrons. The third-order valence-corrected chi connectivity index (χ3v) is 3.87. The number of hydrogen-bond acceptors (Lipinski definition) is 2. The lowest BCUT2D eigenvalue weighted by Crippen LogP contribution is -2.22. The van der Waals surface area contributed by atoms with E-state index in [0.29, 0.717) is 12.1 Å². The fourth-order valence-corrected chi connectivity index (χ4v) is 2.80. The second-order valence-electron chi connectivity index (χ2n) is 5.38. The monoisotopic (exact) mass is 246 g/mol. The molecule has 1 aliphatic carbocycles. The zero-order valence-corrected chi connectivity index (χ0v) is 11.7. The maximum Gasteiger partial charge on any atom is 0.0345 e. The molecule has 1 aromatic carbocycles. The van der Waals surface area contributed by atoms with Gasteiger partial charge in [0.15, 0.2) is 0 Å². The average Bonchev–Trinajstić information content (AvgIpc) is 2.40. The Labute approximate surface area is 111 Å². The van der Waals surface area contributed by atoms with E-state index < -0.39 is 0 Å². The molecule has 1 aromatic rings. The summed E-state index contributed by atoms with van der Waals surface area (Å²) in [5.41, 5.74) is 2.65. The van der Waals surface area contributed by atoms with E-state index in [4.69, 9.17) is 0 Å². The van der Waals surface area contributed by atoms with Gasteiger partial charge in [0, 0.05) is 17.8 Å². The first-order valence-corrected chi connectivity index (χ1v) is 7.39. The molecule has 0 saturated heterocycles. The van der Waals surface area contributed by atoms with Gasteiger partial charge < -0.3 is 10.6 Å². The molecule has 1 atom stereocenters. The number of hydrogen-bond donors (Lipinski definition) is 2. The van der Waals surface area contributed by atoms with Crippen LogP contribution in [0.2, 0.25) is 0 Å². The van der Waals surface area contributed by atoms with E-state index in [1.165, 1.54) is 43.4 Å². The highest BCUT2D eigenvalue weighted by atomic mass is 14.9. The molecule has 1 aliphatic rings. The minimum Gasteiger partial charge on any atom is -0.382 e. The van der Waals surface area contributed by atoms with E-state index in [0.717, 1.165) is 6.54 Å². The van der Waals surface area contributed by atoms with Crippen LogP contribution in [0.3, 0.4) is 0 Å². The molecule has 0 amide bonds. The predicted molar refractivity (Wildman–Crippen MR) is 79.0 cm³/mol. The highest BCUT2D eigenvalue weighted by molar-refractivity contribution is 5.47. The lowest BCUT2D eigenvalue weighted by atomic mass is 9.95. The average molecular weight is 246 g/mol. The van der Waals surface area contributed by atoms with Crippen LogP contribution >= 0.6 is 0 Å². The summed E-state index contributed by atoms with van der Waals surface area (Å²) in [7, 11) is 0. The number of nitrogens with one attached hydrogen (secondary N) is 2. The molecule has 1 fully saturated rings. The van der Waals surface area contributed by atoms with Gasteiger partial charge in [0.25, 0.3) is 0 Å². The van der Waals surface area contributed by atoms with Gasteiger partial charge >= 0.3 is 0 Å². The molecule has 2 N–H and O–H groups in total. The molecule has 0 bridgehead atoms. The van der Waals surface area contributed by atoms with E-state index in [-0.39, 0.29) is 0 Å². The Kier molecular flexibility index (Phi) is 5.06. The van der Waals surface area contributed by atoms with Gasteiger partial charge in [0.05, 0.1) is 0 Å². The molecular formula is C16H26N2. The van der Waals surface area contributed by atoms with Crippen LogP contribution in [0.15, 0.2) is 24.3 Å². The SMILES string of the molecule is CCNC(C)c1cccc(NC2CCCCC2)c1. The standard InChI is InChI=1S/C16H26N2/c1-3-17-13(2)14-8-7-11-16(12-14)18-15-9-5-4-6-10-15/h7-8,11-13,15,17-18H,3-6,9-10H2,1-2H3. The second kappa shape index (κ2) is 6.79. The smallest absolute Gasteiger partial charge is 0.0345 e. The topological polar surface area (TPSA) is 24.1 Å². The van der Waals surface area contributed by atoms with Gasteiger partial charge in [-0.3, -0.25) is 0 Å². The van der Waals surface area contributed by atoms with Crippen molar-refractivity contribution in [2.45, 2.75) is 58.0 Å². The van der Waals surface area contributed by atoms with Crippen molar-refractivity contribution in [2.24, 2.45) is 0 Å². The quantitative estimate of drug-likeness (QED) is 0.817. The molecule has 0 aliphatic heterocycles. The van der Waals surface area contributed by atoms with E-state index in [1.807, 2.05) is 0 Å². The minimum atomic E-state index is 0.433. The Morgan fingerprint density at radius 1 is 1.22 bits per heavy atom. The maximum atomic E-state index is 3.69. The summed E-state index contributed by atoms with van der Waals surface area (Å²) in [5.74, 6) is 0. The summed E-state index contributed by atoms with van der Waals surface area (Å²) in [4.78, 5) is 0. The van der Waals surface area contributed by atoms with Crippen molar-refractivity contribution in [3.05, 3.63) is 29.8 Å². The predicted octanol–water partition coefficient (Wildman–Crippen LogP) is 4.10. The van der Waals surface area contributed by atoms with E-state index >= 15 is 0 Å². The van der Waals surface area contributed by atoms with E-state index in [9.17, 15) is 0 Å². The van der Waals surface area contributed by atoms with Crippen LogP contribution < -0.4 is 10.6 Å². The van der Waals surface area contributed by atoms with Gasteiger partial charge in [-0.15, -0.1) is 0 Å². The van der Waals surface area contributed by atoms with Gasteiger partial charge in [-0.1, -0.05) is 38.3 Å². The highest BCUT2D eigenvalue weighted by Gasteiger charge is 2.13. The fraction of sp³-hybridized carbons (Fsp3) is 0.625. The summed E-state index contributed by atoms with van der Waals surface area (Å²) in [6.45, 7) is 5.39. The summed E-state index contributed by atoms with van der Waals surface area (Å²) in [6.07, 6.45) is 6.83. The first-order chi connectivity index (χ1) is 8.79. The van der Waals surface area contributed by atoms with Gasteiger partial charge in [-0.25, -0.2) is 0 Å². The zero-order chi connectivity index (χ0) is 12.8. The Hall–Kier alpha value is -1.02. The molecule has 1 saturated carbocycles. The van der Waals surface area contributed by atoms with Crippen LogP contribution in [-0.4, -0.2) is 12.6 Å². The summed E-state index contributed by atoms with van der Waals surface area (Å²) in [6, 6.07) is 9.97. The van der Waals surface area contributed by atoms with Gasteiger partial charge in [-0.05, 0) is 44.0 Å². The maximum absolute atomic E-state index is 3.69. The molecule has 0 heterocycles. The molecule has 0 spiro atoms. The second-order valence-corrected chi connectivity index (χ2v) is 5.38. The summed E-state index contributed by atoms with van der Waals surface area (Å²) >= 11 is 0. The molecular weight excluding hydrogens is 220 g/mol. The van der Waals surface area contributed by atoms with Crippen LogP contribution in [0.1, 0.15) is 57.6 Å². The van der Waals surface area contributed by atoms with Crippen LogP contribution in [0.25, 0.3) is 0 Å². The first-order valence-electron chi connectivity index (χ1n) is 7.39. The normalized spacial score (nSPS) is 18.6. The van der Waals surface area contributed by atoms with E-state index in [1.54, 1.807) is 0 Å². The van der Waals surface area contributed by atoms with Crippen molar-refractivity contribution < 1.29 is 0 Å². The lowest BCUT2D eigenvalue weighted by molar-refractivity contribution is 0.462. The van der Waals surface area contributed by atoms with Gasteiger partial charge in [0.2, 0.25) is 0 Å². The van der Waals surface area contributed by atoms with Gasteiger partial charge in [-0.2, -0.15) is 0 Å². The molecule has 18 heavy (non-hydrogen) atoms.